The van der Waals surface area contributed by atoms with Gasteiger partial charge in [0.05, 0.1) is 27.7 Å². The summed E-state index contributed by atoms with van der Waals surface area (Å²) in [5.41, 5.74) is 0.812. The lowest BCUT2D eigenvalue weighted by Crippen LogP contribution is -2.53. The minimum Gasteiger partial charge on any atom is -0.497 e. The van der Waals surface area contributed by atoms with Crippen LogP contribution in [0.5, 0.6) is 5.75 Å². The highest BCUT2D eigenvalue weighted by molar-refractivity contribution is 7.92. The van der Waals surface area contributed by atoms with Gasteiger partial charge in [-0.05, 0) is 80.4 Å². The van der Waals surface area contributed by atoms with Gasteiger partial charge in [0.25, 0.3) is 10.0 Å². The van der Waals surface area contributed by atoms with E-state index in [1.165, 1.54) is 42.3 Å². The molecule has 0 saturated carbocycles. The lowest BCUT2D eigenvalue weighted by atomic mass is 10.1. The Morgan fingerprint density at radius 2 is 1.63 bits per heavy atom. The molecule has 0 unspecified atom stereocenters. The maximum absolute atomic E-state index is 14.1. The van der Waals surface area contributed by atoms with Crippen LogP contribution in [0.4, 0.5) is 5.69 Å². The third-order valence-corrected chi connectivity index (χ3v) is 8.94. The van der Waals surface area contributed by atoms with E-state index in [4.69, 9.17) is 39.5 Å². The summed E-state index contributed by atoms with van der Waals surface area (Å²) in [6.07, 6.45) is 0.286. The number of benzene rings is 3. The zero-order valence-electron chi connectivity index (χ0n) is 23.1. The van der Waals surface area contributed by atoms with Gasteiger partial charge < -0.3 is 15.0 Å². The van der Waals surface area contributed by atoms with Crippen molar-refractivity contribution in [2.75, 3.05) is 18.0 Å². The van der Waals surface area contributed by atoms with Crippen LogP contribution in [0.25, 0.3) is 0 Å². The second kappa shape index (κ2) is 14.3. The van der Waals surface area contributed by atoms with E-state index in [9.17, 15) is 18.0 Å². The highest BCUT2D eigenvalue weighted by Gasteiger charge is 2.34. The SMILES string of the molecule is CC[C@H](C(=O)NC(C)C)N(Cc1ccc(Cl)c(Cl)c1)C(=O)CN(c1cccc(Cl)c1)S(=O)(=O)c1ccc(OC)cc1. The smallest absolute Gasteiger partial charge is 0.264 e. The average Bonchev–Trinajstić information content (AvgIpc) is 2.92. The molecule has 0 aliphatic heterocycles. The highest BCUT2D eigenvalue weighted by atomic mass is 35.5. The Kier molecular flexibility index (Phi) is 11.3. The van der Waals surface area contributed by atoms with Crippen molar-refractivity contribution in [2.45, 2.75) is 50.7 Å². The zero-order chi connectivity index (χ0) is 30.3. The molecule has 220 valence electrons. The molecule has 3 rings (SSSR count). The van der Waals surface area contributed by atoms with E-state index in [0.29, 0.717) is 26.4 Å². The fourth-order valence-corrected chi connectivity index (χ4v) is 6.08. The van der Waals surface area contributed by atoms with Crippen molar-refractivity contribution in [1.29, 1.82) is 0 Å². The minimum absolute atomic E-state index is 0.00822. The first-order valence-electron chi connectivity index (χ1n) is 12.8. The average molecular weight is 641 g/mol. The lowest BCUT2D eigenvalue weighted by Gasteiger charge is -2.33. The molecule has 0 aromatic heterocycles. The molecule has 0 bridgehead atoms. The predicted octanol–water partition coefficient (Wildman–Crippen LogP) is 6.18. The summed E-state index contributed by atoms with van der Waals surface area (Å²) in [6, 6.07) is 15.9. The molecule has 1 atom stereocenters. The third-order valence-electron chi connectivity index (χ3n) is 6.18. The molecule has 0 aliphatic rings. The van der Waals surface area contributed by atoms with Crippen LogP contribution in [-0.4, -0.2) is 50.9 Å². The normalized spacial score (nSPS) is 12.1. The van der Waals surface area contributed by atoms with E-state index in [1.807, 2.05) is 13.8 Å². The molecule has 41 heavy (non-hydrogen) atoms. The molecule has 0 spiro atoms. The molecule has 0 aliphatic carbocycles. The number of anilines is 1. The number of rotatable bonds is 12. The van der Waals surface area contributed by atoms with Crippen LogP contribution < -0.4 is 14.4 Å². The van der Waals surface area contributed by atoms with Gasteiger partial charge in [-0.15, -0.1) is 0 Å². The van der Waals surface area contributed by atoms with Crippen LogP contribution in [-0.2, 0) is 26.2 Å². The number of ether oxygens (including phenoxy) is 1. The Labute approximate surface area is 256 Å². The van der Waals surface area contributed by atoms with E-state index >= 15 is 0 Å². The molecule has 8 nitrogen and oxygen atoms in total. The molecule has 3 aromatic carbocycles. The number of nitrogens with one attached hydrogen (secondary N) is 1. The molecule has 0 saturated heterocycles. The summed E-state index contributed by atoms with van der Waals surface area (Å²) in [7, 11) is -2.77. The van der Waals surface area contributed by atoms with Crippen LogP contribution in [0.3, 0.4) is 0 Å². The number of carbonyl (C=O) groups excluding carboxylic acids is 2. The quantitative estimate of drug-likeness (QED) is 0.255. The number of hydrogen-bond acceptors (Lipinski definition) is 5. The summed E-state index contributed by atoms with van der Waals surface area (Å²) in [5, 5.41) is 3.78. The summed E-state index contributed by atoms with van der Waals surface area (Å²) in [5.74, 6) is -0.480. The van der Waals surface area contributed by atoms with Gasteiger partial charge in [-0.3, -0.25) is 13.9 Å². The van der Waals surface area contributed by atoms with Crippen LogP contribution in [0.1, 0.15) is 32.8 Å². The van der Waals surface area contributed by atoms with Gasteiger partial charge in [0, 0.05) is 17.6 Å². The van der Waals surface area contributed by atoms with E-state index < -0.39 is 28.5 Å². The highest BCUT2D eigenvalue weighted by Crippen LogP contribution is 2.29. The fourth-order valence-electron chi connectivity index (χ4n) is 4.17. The van der Waals surface area contributed by atoms with Crippen molar-refractivity contribution in [2.24, 2.45) is 0 Å². The number of hydrogen-bond donors (Lipinski definition) is 1. The van der Waals surface area contributed by atoms with Crippen molar-refractivity contribution in [1.82, 2.24) is 10.2 Å². The molecule has 12 heteroatoms. The standard InChI is InChI=1S/C29H32Cl3N3O5S/c1-5-27(29(37)33-19(2)3)34(17-20-9-14-25(31)26(32)15-20)28(36)18-35(22-8-6-7-21(30)16-22)41(38,39)24-12-10-23(40-4)11-13-24/h6-16,19,27H,5,17-18H2,1-4H3,(H,33,37)/t27-/m1/s1. The Balaban J connectivity index is 2.08. The van der Waals surface area contributed by atoms with Gasteiger partial charge in [0.1, 0.15) is 18.3 Å². The van der Waals surface area contributed by atoms with E-state index in [0.717, 1.165) is 4.31 Å². The second-order valence-electron chi connectivity index (χ2n) is 9.52. The fraction of sp³-hybridized carbons (Fsp3) is 0.310. The Bertz CT molecular complexity index is 1480. The Morgan fingerprint density at radius 1 is 0.951 bits per heavy atom. The van der Waals surface area contributed by atoms with Crippen LogP contribution in [0, 0.1) is 0 Å². The first-order chi connectivity index (χ1) is 19.4. The number of nitrogens with zero attached hydrogens (tertiary/aromatic N) is 2. The third kappa shape index (κ3) is 8.29. The molecule has 0 fully saturated rings. The Hall–Kier alpha value is -2.98. The predicted molar refractivity (Wildman–Crippen MR) is 163 cm³/mol. The summed E-state index contributed by atoms with van der Waals surface area (Å²) < 4.78 is 34.0. The van der Waals surface area contributed by atoms with Crippen molar-refractivity contribution >= 4 is 62.3 Å². The number of halogens is 3. The lowest BCUT2D eigenvalue weighted by molar-refractivity contribution is -0.140. The Morgan fingerprint density at radius 3 is 2.20 bits per heavy atom. The van der Waals surface area contributed by atoms with Gasteiger partial charge in [-0.25, -0.2) is 8.42 Å². The maximum atomic E-state index is 14.1. The van der Waals surface area contributed by atoms with Crippen LogP contribution in [0.2, 0.25) is 15.1 Å². The van der Waals surface area contributed by atoms with Gasteiger partial charge in [-0.2, -0.15) is 0 Å². The number of methoxy groups -OCH3 is 1. The largest absolute Gasteiger partial charge is 0.497 e. The zero-order valence-corrected chi connectivity index (χ0v) is 26.2. The molecule has 2 amide bonds. The van der Waals surface area contributed by atoms with Crippen molar-refractivity contribution in [3.05, 3.63) is 87.4 Å². The summed E-state index contributed by atoms with van der Waals surface area (Å²) in [6.45, 7) is 4.81. The minimum atomic E-state index is -4.25. The number of carbonyl (C=O) groups is 2. The van der Waals surface area contributed by atoms with Crippen molar-refractivity contribution in [3.8, 4) is 5.75 Å². The molecule has 3 aromatic rings. The first kappa shape index (κ1) is 32.5. The molecular formula is C29H32Cl3N3O5S. The topological polar surface area (TPSA) is 96.0 Å². The van der Waals surface area contributed by atoms with E-state index in [2.05, 4.69) is 5.32 Å². The van der Waals surface area contributed by atoms with Gasteiger partial charge in [-0.1, -0.05) is 53.9 Å². The van der Waals surface area contributed by atoms with Gasteiger partial charge in [0.15, 0.2) is 0 Å². The molecule has 1 N–H and O–H groups in total. The first-order valence-corrected chi connectivity index (χ1v) is 15.4. The molecule has 0 radical (unpaired) electrons. The van der Waals surface area contributed by atoms with Gasteiger partial charge in [0.2, 0.25) is 11.8 Å². The second-order valence-corrected chi connectivity index (χ2v) is 12.6. The number of amides is 2. The molecular weight excluding hydrogens is 609 g/mol. The summed E-state index contributed by atoms with van der Waals surface area (Å²) in [4.78, 5) is 28.6. The van der Waals surface area contributed by atoms with Crippen molar-refractivity contribution < 1.29 is 22.7 Å². The van der Waals surface area contributed by atoms with E-state index in [-0.39, 0.29) is 35.5 Å². The summed E-state index contributed by atoms with van der Waals surface area (Å²) >= 11 is 18.5. The monoisotopic (exact) mass is 639 g/mol. The van der Waals surface area contributed by atoms with Gasteiger partial charge >= 0.3 is 0 Å². The van der Waals surface area contributed by atoms with Crippen molar-refractivity contribution in [3.63, 3.8) is 0 Å². The molecule has 0 heterocycles. The van der Waals surface area contributed by atoms with Crippen LogP contribution >= 0.6 is 34.8 Å². The van der Waals surface area contributed by atoms with E-state index in [1.54, 1.807) is 43.3 Å². The van der Waals surface area contributed by atoms with Crippen LogP contribution in [0.15, 0.2) is 71.6 Å². The number of sulfonamides is 1. The maximum Gasteiger partial charge on any atom is 0.264 e.